The number of carbonyl (C=O) groups excluding carboxylic acids is 1. The Labute approximate surface area is 320 Å². The molecule has 8 aliphatic rings. The van der Waals surface area contributed by atoms with Crippen molar-refractivity contribution in [3.05, 3.63) is 23.3 Å². The number of aliphatic imine (C=N–C) groups is 1. The van der Waals surface area contributed by atoms with Gasteiger partial charge in [0.05, 0.1) is 24.8 Å². The maximum absolute atomic E-state index is 12.8. The highest BCUT2D eigenvalue weighted by Crippen LogP contribution is 2.48. The quantitative estimate of drug-likeness (QED) is 0.195. The van der Waals surface area contributed by atoms with E-state index < -0.39 is 17.6 Å². The summed E-state index contributed by atoms with van der Waals surface area (Å²) in [7, 11) is 0. The molecule has 0 aromatic heterocycles. The van der Waals surface area contributed by atoms with Crippen molar-refractivity contribution in [3.8, 4) is 23.3 Å². The number of phenolic OH excluding ortho intramolecular Hbond substituents is 1. The van der Waals surface area contributed by atoms with Crippen LogP contribution < -0.4 is 21.1 Å². The van der Waals surface area contributed by atoms with Gasteiger partial charge in [0.2, 0.25) is 0 Å². The zero-order valence-electron chi connectivity index (χ0n) is 32.1. The predicted molar refractivity (Wildman–Crippen MR) is 205 cm³/mol. The van der Waals surface area contributed by atoms with Crippen LogP contribution in [-0.2, 0) is 22.6 Å². The van der Waals surface area contributed by atoms with Crippen molar-refractivity contribution in [3.63, 3.8) is 0 Å². The first kappa shape index (κ1) is 37.8. The number of ether oxygens (including phenoxy) is 2. The highest BCUT2D eigenvalue weighted by Gasteiger charge is 2.48. The largest absolute Gasteiger partial charge is 0.504 e. The van der Waals surface area contributed by atoms with Gasteiger partial charge in [0, 0.05) is 70.5 Å². The summed E-state index contributed by atoms with van der Waals surface area (Å²) in [6.07, 6.45) is 7.73. The Balaban J connectivity index is 1.22. The lowest BCUT2D eigenvalue weighted by Crippen LogP contribution is -2.55. The van der Waals surface area contributed by atoms with E-state index in [1.54, 1.807) is 6.07 Å². The standard InChI is InChI=1S/C42H62N6O6/c1-26(50)53-39-16-37(51)30-5-6-33-22-47-18-27-11-28(19-47)21-48(20-27)25-46-41(43)45-24-42(33,17-30)9-7-29-3-2-4-34-15-35(8-10-44-34)54-40-14-31(12-36(29)39)32(23-49)13-38(40)52/h13-14,27-30,33-37,39,44,49,51-52H,2-6,8,10-12,15-25H2,1H3,(H3,43,45,46). The maximum Gasteiger partial charge on any atom is 0.302 e. The van der Waals surface area contributed by atoms with E-state index in [0.29, 0.717) is 61.1 Å². The number of esters is 1. The van der Waals surface area contributed by atoms with Crippen LogP contribution in [0.5, 0.6) is 11.5 Å². The Morgan fingerprint density at radius 1 is 1.07 bits per heavy atom. The van der Waals surface area contributed by atoms with Gasteiger partial charge in [-0.15, -0.1) is 0 Å². The van der Waals surface area contributed by atoms with Crippen LogP contribution in [0.3, 0.4) is 0 Å². The summed E-state index contributed by atoms with van der Waals surface area (Å²) in [5.74, 6) is 9.53. The molecule has 1 aromatic rings. The Hall–Kier alpha value is -3.08. The number of benzene rings is 1. The molecule has 2 aliphatic carbocycles. The number of hydrogen-bond acceptors (Lipinski definition) is 12. The summed E-state index contributed by atoms with van der Waals surface area (Å²) in [5, 5.41) is 41.0. The third kappa shape index (κ3) is 8.36. The van der Waals surface area contributed by atoms with E-state index >= 15 is 0 Å². The molecule has 10 bridgehead atoms. The molecule has 0 radical (unpaired) electrons. The van der Waals surface area contributed by atoms with Crippen molar-refractivity contribution in [1.29, 1.82) is 0 Å². The minimum atomic E-state index is -0.688. The van der Waals surface area contributed by atoms with Gasteiger partial charge in [-0.1, -0.05) is 18.3 Å². The molecule has 3 saturated heterocycles. The average Bonchev–Trinajstić information content (AvgIpc) is 3.15. The van der Waals surface area contributed by atoms with Crippen LogP contribution in [0.4, 0.5) is 0 Å². The molecule has 11 atom stereocenters. The fourth-order valence-corrected chi connectivity index (χ4v) is 11.5. The van der Waals surface area contributed by atoms with Crippen molar-refractivity contribution in [2.24, 2.45) is 51.6 Å². The second kappa shape index (κ2) is 16.2. The number of nitrogens with one attached hydrogen (secondary N) is 2. The van der Waals surface area contributed by atoms with Gasteiger partial charge < -0.3 is 46.1 Å². The zero-order chi connectivity index (χ0) is 37.4. The monoisotopic (exact) mass is 746 g/mol. The van der Waals surface area contributed by atoms with Crippen LogP contribution in [0.2, 0.25) is 0 Å². The van der Waals surface area contributed by atoms with Crippen LogP contribution in [0, 0.1) is 52.8 Å². The van der Waals surface area contributed by atoms with Crippen LogP contribution >= 0.6 is 0 Å². The minimum Gasteiger partial charge on any atom is -0.504 e. The Morgan fingerprint density at radius 2 is 1.89 bits per heavy atom. The molecule has 54 heavy (non-hydrogen) atoms. The number of fused-ring (bicyclic) bond motifs is 9. The molecule has 11 unspecified atom stereocenters. The van der Waals surface area contributed by atoms with Crippen molar-refractivity contribution in [2.75, 3.05) is 52.5 Å². The summed E-state index contributed by atoms with van der Waals surface area (Å²) in [4.78, 5) is 22.8. The number of aliphatic hydroxyl groups excluding tert-OH is 2. The molecule has 1 aromatic carbocycles. The third-order valence-electron chi connectivity index (χ3n) is 14.1. The Morgan fingerprint density at radius 3 is 2.69 bits per heavy atom. The van der Waals surface area contributed by atoms with E-state index in [9.17, 15) is 20.1 Å². The van der Waals surface area contributed by atoms with Crippen molar-refractivity contribution >= 4 is 11.9 Å². The van der Waals surface area contributed by atoms with E-state index in [0.717, 1.165) is 96.2 Å². The number of aromatic hydroxyl groups is 1. The van der Waals surface area contributed by atoms with Gasteiger partial charge in [-0.2, -0.15) is 0 Å². The van der Waals surface area contributed by atoms with E-state index in [-0.39, 0.29) is 48.2 Å². The molecular formula is C42H62N6O6. The minimum absolute atomic E-state index is 0.0166. The molecule has 12 heteroatoms. The predicted octanol–water partition coefficient (Wildman–Crippen LogP) is 2.57. The second-order valence-corrected chi connectivity index (χ2v) is 17.9. The van der Waals surface area contributed by atoms with Crippen LogP contribution in [0.25, 0.3) is 0 Å². The molecule has 9 rings (SSSR count). The fourth-order valence-electron chi connectivity index (χ4n) is 11.5. The SMILES string of the molecule is CC(=O)OC1CC(O)C2CCC3CN4CC5CC(CN(CN=C(N)NCC3(C#CC3CCCC6CC(CCN6)Oc6cc(c(CO)cc6O)CC31)C2)C5)C4. The lowest BCUT2D eigenvalue weighted by Gasteiger charge is -2.50. The number of rotatable bonds is 2. The smallest absolute Gasteiger partial charge is 0.302 e. The number of phenols is 1. The molecule has 0 amide bonds. The first-order valence-electron chi connectivity index (χ1n) is 20.8. The first-order valence-corrected chi connectivity index (χ1v) is 20.8. The number of nitrogens with zero attached hydrogens (tertiary/aromatic N) is 3. The molecule has 12 nitrogen and oxygen atoms in total. The number of piperidine rings is 3. The van der Waals surface area contributed by atoms with Crippen LogP contribution in [-0.4, -0.2) is 114 Å². The first-order chi connectivity index (χ1) is 26.1. The molecule has 1 spiro atoms. The average molecular weight is 747 g/mol. The van der Waals surface area contributed by atoms with Gasteiger partial charge in [-0.3, -0.25) is 9.69 Å². The summed E-state index contributed by atoms with van der Waals surface area (Å²) in [6.45, 7) is 8.51. The summed E-state index contributed by atoms with van der Waals surface area (Å²) < 4.78 is 12.7. The normalized spacial score (nSPS) is 40.9. The molecular weight excluding hydrogens is 684 g/mol. The lowest BCUT2D eigenvalue weighted by atomic mass is 9.60. The number of hydrogen-bond donors (Lipinski definition) is 6. The van der Waals surface area contributed by atoms with Gasteiger partial charge in [0.1, 0.15) is 12.2 Å². The van der Waals surface area contributed by atoms with Crippen molar-refractivity contribution < 1.29 is 29.6 Å². The number of carbonyl (C=O) groups is 1. The summed E-state index contributed by atoms with van der Waals surface area (Å²) in [6, 6.07) is 3.77. The number of nitrogens with two attached hydrogens (primary N) is 1. The maximum atomic E-state index is 12.8. The van der Waals surface area contributed by atoms with Gasteiger partial charge >= 0.3 is 5.97 Å². The summed E-state index contributed by atoms with van der Waals surface area (Å²) >= 11 is 0. The third-order valence-corrected chi connectivity index (χ3v) is 14.1. The van der Waals surface area contributed by atoms with Crippen LogP contribution in [0.15, 0.2) is 17.1 Å². The molecule has 7 N–H and O–H groups in total. The topological polar surface area (TPSA) is 165 Å². The van der Waals surface area contributed by atoms with Gasteiger partial charge in [0.15, 0.2) is 17.5 Å². The van der Waals surface area contributed by atoms with Gasteiger partial charge in [-0.05, 0) is 111 Å². The van der Waals surface area contributed by atoms with Crippen molar-refractivity contribution in [1.82, 2.24) is 20.4 Å². The van der Waals surface area contributed by atoms with E-state index in [4.69, 9.17) is 20.2 Å². The van der Waals surface area contributed by atoms with Crippen LogP contribution in [0.1, 0.15) is 82.3 Å². The molecule has 6 aliphatic heterocycles. The molecule has 4 fully saturated rings. The Bertz CT molecular complexity index is 1600. The molecule has 1 saturated carbocycles. The van der Waals surface area contributed by atoms with Gasteiger partial charge in [-0.25, -0.2) is 4.99 Å². The van der Waals surface area contributed by atoms with E-state index in [2.05, 4.69) is 32.3 Å². The van der Waals surface area contributed by atoms with Crippen molar-refractivity contribution in [2.45, 2.75) is 109 Å². The highest BCUT2D eigenvalue weighted by atomic mass is 16.5. The number of guanidine groups is 1. The van der Waals surface area contributed by atoms with Gasteiger partial charge in [0.25, 0.3) is 0 Å². The summed E-state index contributed by atoms with van der Waals surface area (Å²) in [5.41, 5.74) is 7.61. The number of aliphatic hydroxyl groups is 2. The second-order valence-electron chi connectivity index (χ2n) is 17.9. The van der Waals surface area contributed by atoms with E-state index in [1.165, 1.54) is 13.3 Å². The Kier molecular flexibility index (Phi) is 11.3. The molecule has 296 valence electrons. The van der Waals surface area contributed by atoms with E-state index in [1.807, 2.05) is 6.07 Å². The lowest BCUT2D eigenvalue weighted by molar-refractivity contribution is -0.153. The molecule has 6 heterocycles. The zero-order valence-corrected chi connectivity index (χ0v) is 32.1. The fraction of sp³-hybridized carbons (Fsp3) is 0.762. The highest BCUT2D eigenvalue weighted by molar-refractivity contribution is 5.77.